The van der Waals surface area contributed by atoms with Crippen molar-refractivity contribution in [2.45, 2.75) is 6.54 Å². The molecule has 2 heterocycles. The molecule has 1 aromatic carbocycles. The molecule has 2 aromatic rings. The van der Waals surface area contributed by atoms with Crippen LogP contribution in [0, 0.1) is 5.82 Å². The summed E-state index contributed by atoms with van der Waals surface area (Å²) in [6, 6.07) is 10.2. The van der Waals surface area contributed by atoms with Gasteiger partial charge in [0.2, 0.25) is 0 Å². The zero-order valence-electron chi connectivity index (χ0n) is 14.4. The van der Waals surface area contributed by atoms with Crippen molar-refractivity contribution in [3.05, 3.63) is 59.8 Å². The number of hydrogen-bond acceptors (Lipinski definition) is 5. The Kier molecular flexibility index (Phi) is 7.07. The van der Waals surface area contributed by atoms with Crippen LogP contribution in [0.5, 0.6) is 0 Å². The first-order chi connectivity index (χ1) is 12.9. The van der Waals surface area contributed by atoms with Gasteiger partial charge in [0.25, 0.3) is 5.91 Å². The third-order valence-corrected chi connectivity index (χ3v) is 3.93. The fourth-order valence-corrected chi connectivity index (χ4v) is 2.53. The Morgan fingerprint density at radius 2 is 1.59 bits per heavy atom. The van der Waals surface area contributed by atoms with Gasteiger partial charge in [-0.25, -0.2) is 14.0 Å². The van der Waals surface area contributed by atoms with Gasteiger partial charge in [0.05, 0.1) is 6.26 Å². The number of amides is 1. The second-order valence-electron chi connectivity index (χ2n) is 5.75. The molecule has 0 spiro atoms. The van der Waals surface area contributed by atoms with E-state index < -0.39 is 11.9 Å². The standard InChI is InChI=1S/C16H17FN2O2.C2H2O4/c17-14-5-2-1-4-13(14)12-18-7-9-19(10-8-18)16(20)15-6-3-11-21-15;3-1(4)2(5)6/h1-6,11H,7-10,12H2;(H,3,4)(H,5,6). The predicted octanol–water partition coefficient (Wildman–Crippen LogP) is 1.53. The monoisotopic (exact) mass is 378 g/mol. The summed E-state index contributed by atoms with van der Waals surface area (Å²) >= 11 is 0. The second kappa shape index (κ2) is 9.48. The minimum absolute atomic E-state index is 0.0782. The van der Waals surface area contributed by atoms with E-state index in [1.54, 1.807) is 29.2 Å². The Hall–Kier alpha value is -3.20. The fraction of sp³-hybridized carbons (Fsp3) is 0.278. The molecule has 0 aliphatic carbocycles. The molecule has 1 saturated heterocycles. The summed E-state index contributed by atoms with van der Waals surface area (Å²) in [5, 5.41) is 14.8. The minimum Gasteiger partial charge on any atom is -0.473 e. The van der Waals surface area contributed by atoms with E-state index in [2.05, 4.69) is 4.90 Å². The molecule has 1 aliphatic rings. The number of carboxylic acids is 2. The first-order valence-electron chi connectivity index (χ1n) is 8.13. The Bertz CT molecular complexity index is 773. The Morgan fingerprint density at radius 3 is 2.11 bits per heavy atom. The number of carboxylic acid groups (broad SMARTS) is 2. The van der Waals surface area contributed by atoms with E-state index >= 15 is 0 Å². The normalized spacial score (nSPS) is 14.2. The molecule has 0 unspecified atom stereocenters. The number of halogens is 1. The van der Waals surface area contributed by atoms with Crippen LogP contribution in [-0.2, 0) is 16.1 Å². The summed E-state index contributed by atoms with van der Waals surface area (Å²) < 4.78 is 18.8. The van der Waals surface area contributed by atoms with Crippen LogP contribution in [-0.4, -0.2) is 64.0 Å². The molecule has 0 radical (unpaired) electrons. The highest BCUT2D eigenvalue weighted by Gasteiger charge is 2.23. The van der Waals surface area contributed by atoms with Crippen LogP contribution in [0.4, 0.5) is 4.39 Å². The summed E-state index contributed by atoms with van der Waals surface area (Å²) in [5.74, 6) is -3.53. The number of carbonyl (C=O) groups is 3. The maximum atomic E-state index is 13.6. The van der Waals surface area contributed by atoms with Crippen LogP contribution < -0.4 is 0 Å². The van der Waals surface area contributed by atoms with Gasteiger partial charge in [0, 0.05) is 38.3 Å². The van der Waals surface area contributed by atoms with Gasteiger partial charge < -0.3 is 19.5 Å². The number of hydrogen-bond donors (Lipinski definition) is 2. The molecule has 1 fully saturated rings. The lowest BCUT2D eigenvalue weighted by Crippen LogP contribution is -2.48. The average molecular weight is 378 g/mol. The molecule has 0 bridgehead atoms. The number of furan rings is 1. The molecule has 9 heteroatoms. The molecule has 1 amide bonds. The largest absolute Gasteiger partial charge is 0.473 e. The zero-order chi connectivity index (χ0) is 19.8. The highest BCUT2D eigenvalue weighted by atomic mass is 19.1. The Morgan fingerprint density at radius 1 is 0.963 bits per heavy atom. The van der Waals surface area contributed by atoms with Crippen molar-refractivity contribution >= 4 is 17.8 Å². The van der Waals surface area contributed by atoms with E-state index in [4.69, 9.17) is 24.2 Å². The SMILES string of the molecule is O=C(O)C(=O)O.O=C(c1ccco1)N1CCN(Cc2ccccc2F)CC1. The van der Waals surface area contributed by atoms with E-state index in [-0.39, 0.29) is 11.7 Å². The van der Waals surface area contributed by atoms with Crippen molar-refractivity contribution in [3.63, 3.8) is 0 Å². The summed E-state index contributed by atoms with van der Waals surface area (Å²) in [6.45, 7) is 3.32. The van der Waals surface area contributed by atoms with Gasteiger partial charge in [-0.2, -0.15) is 0 Å². The third kappa shape index (κ3) is 5.93. The van der Waals surface area contributed by atoms with E-state index in [0.717, 1.165) is 13.1 Å². The number of aliphatic carboxylic acids is 2. The highest BCUT2D eigenvalue weighted by Crippen LogP contribution is 2.13. The molecule has 0 saturated carbocycles. The van der Waals surface area contributed by atoms with Crippen molar-refractivity contribution in [3.8, 4) is 0 Å². The minimum atomic E-state index is -1.82. The lowest BCUT2D eigenvalue weighted by Gasteiger charge is -2.34. The molecule has 2 N–H and O–H groups in total. The van der Waals surface area contributed by atoms with Crippen molar-refractivity contribution in [1.82, 2.24) is 9.80 Å². The fourth-order valence-electron chi connectivity index (χ4n) is 2.53. The molecule has 27 heavy (non-hydrogen) atoms. The molecule has 1 aromatic heterocycles. The summed E-state index contributed by atoms with van der Waals surface area (Å²) in [7, 11) is 0. The highest BCUT2D eigenvalue weighted by molar-refractivity contribution is 6.27. The Balaban J connectivity index is 0.000000380. The van der Waals surface area contributed by atoms with Crippen LogP contribution in [0.3, 0.4) is 0 Å². The molecule has 8 nitrogen and oxygen atoms in total. The molecular weight excluding hydrogens is 359 g/mol. The van der Waals surface area contributed by atoms with Crippen LogP contribution >= 0.6 is 0 Å². The molecular formula is C18H19FN2O6. The summed E-state index contributed by atoms with van der Waals surface area (Å²) in [6.07, 6.45) is 1.50. The maximum absolute atomic E-state index is 13.6. The van der Waals surface area contributed by atoms with Crippen LogP contribution in [0.2, 0.25) is 0 Å². The van der Waals surface area contributed by atoms with Crippen molar-refractivity contribution < 1.29 is 33.4 Å². The van der Waals surface area contributed by atoms with Gasteiger partial charge in [-0.05, 0) is 18.2 Å². The zero-order valence-corrected chi connectivity index (χ0v) is 14.4. The van der Waals surface area contributed by atoms with E-state index in [1.807, 2.05) is 6.07 Å². The van der Waals surface area contributed by atoms with Crippen LogP contribution in [0.15, 0.2) is 47.1 Å². The molecule has 3 rings (SSSR count). The van der Waals surface area contributed by atoms with Crippen molar-refractivity contribution in [1.29, 1.82) is 0 Å². The topological polar surface area (TPSA) is 111 Å². The maximum Gasteiger partial charge on any atom is 0.414 e. The first kappa shape index (κ1) is 20.1. The van der Waals surface area contributed by atoms with Crippen LogP contribution in [0.25, 0.3) is 0 Å². The number of rotatable bonds is 3. The molecule has 0 atom stereocenters. The average Bonchev–Trinajstić information content (AvgIpc) is 3.19. The predicted molar refractivity (Wildman–Crippen MR) is 91.6 cm³/mol. The number of piperazine rings is 1. The van der Waals surface area contributed by atoms with E-state index in [0.29, 0.717) is 31.0 Å². The van der Waals surface area contributed by atoms with Crippen LogP contribution in [0.1, 0.15) is 16.1 Å². The second-order valence-corrected chi connectivity index (χ2v) is 5.75. The van der Waals surface area contributed by atoms with Gasteiger partial charge >= 0.3 is 11.9 Å². The summed E-state index contributed by atoms with van der Waals surface area (Å²) in [4.78, 5) is 34.3. The van der Waals surface area contributed by atoms with Gasteiger partial charge in [-0.3, -0.25) is 9.69 Å². The van der Waals surface area contributed by atoms with Crippen molar-refractivity contribution in [2.24, 2.45) is 0 Å². The number of benzene rings is 1. The lowest BCUT2D eigenvalue weighted by atomic mass is 10.2. The summed E-state index contributed by atoms with van der Waals surface area (Å²) in [5.41, 5.74) is 0.698. The van der Waals surface area contributed by atoms with Gasteiger partial charge in [0.15, 0.2) is 5.76 Å². The van der Waals surface area contributed by atoms with Gasteiger partial charge in [-0.1, -0.05) is 18.2 Å². The van der Waals surface area contributed by atoms with E-state index in [1.165, 1.54) is 12.3 Å². The number of nitrogens with zero attached hydrogens (tertiary/aromatic N) is 2. The van der Waals surface area contributed by atoms with Gasteiger partial charge in [-0.15, -0.1) is 0 Å². The van der Waals surface area contributed by atoms with E-state index in [9.17, 15) is 9.18 Å². The Labute approximate surface area is 154 Å². The van der Waals surface area contributed by atoms with Crippen molar-refractivity contribution in [2.75, 3.05) is 26.2 Å². The quantitative estimate of drug-likeness (QED) is 0.779. The smallest absolute Gasteiger partial charge is 0.414 e. The van der Waals surface area contributed by atoms with Gasteiger partial charge in [0.1, 0.15) is 5.82 Å². The third-order valence-electron chi connectivity index (χ3n) is 3.93. The molecule has 1 aliphatic heterocycles. The number of carbonyl (C=O) groups excluding carboxylic acids is 1. The molecule has 144 valence electrons. The lowest BCUT2D eigenvalue weighted by molar-refractivity contribution is -0.159. The first-order valence-corrected chi connectivity index (χ1v) is 8.13.